The normalized spacial score (nSPS) is 22.6. The van der Waals surface area contributed by atoms with E-state index in [0.29, 0.717) is 17.5 Å². The van der Waals surface area contributed by atoms with Crippen molar-refractivity contribution in [2.24, 2.45) is 4.99 Å². The Morgan fingerprint density at radius 3 is 2.78 bits per heavy atom. The molecule has 2 aromatic rings. The maximum Gasteiger partial charge on any atom is 0.325 e. The Kier molecular flexibility index (Phi) is 6.04. The maximum absolute atomic E-state index is 12.6. The summed E-state index contributed by atoms with van der Waals surface area (Å²) < 4.78 is 11.1. The van der Waals surface area contributed by atoms with Gasteiger partial charge in [0, 0.05) is 7.05 Å². The molecular weight excluding hydrogens is 414 g/mol. The fourth-order valence-corrected chi connectivity index (χ4v) is 3.75. The number of amides is 3. The van der Waals surface area contributed by atoms with Crippen LogP contribution in [0.1, 0.15) is 16.9 Å². The zero-order chi connectivity index (χ0) is 22.8. The Labute approximate surface area is 185 Å². The first kappa shape index (κ1) is 21.7. The number of furan rings is 1. The zero-order valence-electron chi connectivity index (χ0n) is 18.2. The molecular formula is C22H27N5O5. The Hall–Kier alpha value is -3.53. The van der Waals surface area contributed by atoms with Crippen molar-refractivity contribution in [2.45, 2.75) is 38.7 Å². The van der Waals surface area contributed by atoms with Crippen LogP contribution in [0.25, 0.3) is 0 Å². The van der Waals surface area contributed by atoms with Gasteiger partial charge in [-0.2, -0.15) is 0 Å². The van der Waals surface area contributed by atoms with Gasteiger partial charge in [0.25, 0.3) is 5.91 Å². The van der Waals surface area contributed by atoms with Crippen LogP contribution >= 0.6 is 0 Å². The van der Waals surface area contributed by atoms with Crippen LogP contribution in [0.5, 0.6) is 5.75 Å². The van der Waals surface area contributed by atoms with Crippen LogP contribution in [-0.4, -0.2) is 71.3 Å². The van der Waals surface area contributed by atoms with Crippen LogP contribution in [0, 0.1) is 13.8 Å². The van der Waals surface area contributed by atoms with Crippen LogP contribution in [0.4, 0.5) is 4.79 Å². The topological polar surface area (TPSA) is 120 Å². The molecule has 2 saturated heterocycles. The van der Waals surface area contributed by atoms with Crippen molar-refractivity contribution in [1.29, 1.82) is 0 Å². The Bertz CT molecular complexity index is 1020. The van der Waals surface area contributed by atoms with Crippen molar-refractivity contribution in [3.8, 4) is 5.75 Å². The number of guanidine groups is 1. The van der Waals surface area contributed by atoms with E-state index in [4.69, 9.17) is 9.15 Å². The lowest BCUT2D eigenvalue weighted by Gasteiger charge is -2.35. The average molecular weight is 441 g/mol. The minimum atomic E-state index is -0.901. The molecule has 0 aliphatic carbocycles. The summed E-state index contributed by atoms with van der Waals surface area (Å²) in [5, 5.41) is 16.2. The molecule has 32 heavy (non-hydrogen) atoms. The Morgan fingerprint density at radius 1 is 1.25 bits per heavy atom. The van der Waals surface area contributed by atoms with Crippen molar-refractivity contribution >= 4 is 17.9 Å². The second kappa shape index (κ2) is 8.91. The summed E-state index contributed by atoms with van der Waals surface area (Å²) in [4.78, 5) is 32.3. The van der Waals surface area contributed by atoms with Gasteiger partial charge in [-0.05, 0) is 49.2 Å². The third-order valence-electron chi connectivity index (χ3n) is 5.71. The number of carbonyl (C=O) groups excluding carboxylic acids is 2. The summed E-state index contributed by atoms with van der Waals surface area (Å²) >= 11 is 0. The van der Waals surface area contributed by atoms with Gasteiger partial charge in [0.1, 0.15) is 36.9 Å². The van der Waals surface area contributed by atoms with Crippen molar-refractivity contribution in [3.63, 3.8) is 0 Å². The number of hydrogen-bond acceptors (Lipinski definition) is 6. The highest BCUT2D eigenvalue weighted by Crippen LogP contribution is 2.22. The number of hydrogen-bond donors (Lipinski definition) is 3. The molecule has 3 unspecified atom stereocenters. The van der Waals surface area contributed by atoms with Crippen molar-refractivity contribution in [1.82, 2.24) is 20.4 Å². The second-order valence-corrected chi connectivity index (χ2v) is 8.02. The molecule has 0 bridgehead atoms. The summed E-state index contributed by atoms with van der Waals surface area (Å²) in [5.41, 5.74) is 2.26. The van der Waals surface area contributed by atoms with Crippen LogP contribution < -0.4 is 15.4 Å². The molecule has 4 rings (SSSR count). The number of β-amino-alcohol motifs (C(OH)–C–C–N with tert-alkyl or cyclic N) is 1. The first-order valence-electron chi connectivity index (χ1n) is 10.4. The monoisotopic (exact) mass is 441 g/mol. The third kappa shape index (κ3) is 4.40. The van der Waals surface area contributed by atoms with Crippen LogP contribution in [0.2, 0.25) is 0 Å². The summed E-state index contributed by atoms with van der Waals surface area (Å²) in [6, 6.07) is 8.08. The number of aliphatic hydroxyl groups is 1. The zero-order valence-corrected chi connectivity index (χ0v) is 18.2. The number of benzene rings is 1. The first-order valence-corrected chi connectivity index (χ1v) is 10.4. The number of nitrogens with one attached hydrogen (secondary N) is 2. The number of rotatable bonds is 7. The molecule has 170 valence electrons. The van der Waals surface area contributed by atoms with Gasteiger partial charge in [-0.25, -0.2) is 9.79 Å². The number of aryl methyl sites for hydroxylation is 2. The SMILES string of the molecule is Cc1ccc(OCC(O)CN2C(=NCc3ccco3)NC3C2C(=O)NC(=O)N3C)cc1C. The van der Waals surface area contributed by atoms with E-state index >= 15 is 0 Å². The van der Waals surface area contributed by atoms with Gasteiger partial charge < -0.3 is 29.4 Å². The van der Waals surface area contributed by atoms with Crippen molar-refractivity contribution in [3.05, 3.63) is 53.5 Å². The lowest BCUT2D eigenvalue weighted by Crippen LogP contribution is -2.65. The summed E-state index contributed by atoms with van der Waals surface area (Å²) in [5.74, 6) is 1.27. The molecule has 3 amide bonds. The number of nitrogens with zero attached hydrogens (tertiary/aromatic N) is 3. The first-order chi connectivity index (χ1) is 15.3. The van der Waals surface area contributed by atoms with Gasteiger partial charge in [-0.3, -0.25) is 10.1 Å². The number of likely N-dealkylation sites (N-methyl/N-ethyl adjacent to an activating group) is 1. The molecule has 2 aliphatic rings. The van der Waals surface area contributed by atoms with E-state index < -0.39 is 30.2 Å². The minimum Gasteiger partial charge on any atom is -0.491 e. The van der Waals surface area contributed by atoms with E-state index in [1.807, 2.05) is 32.0 Å². The average Bonchev–Trinajstić information content (AvgIpc) is 3.40. The number of imide groups is 1. The highest BCUT2D eigenvalue weighted by molar-refractivity contribution is 6.04. The molecule has 2 aliphatic heterocycles. The molecule has 3 N–H and O–H groups in total. The highest BCUT2D eigenvalue weighted by Gasteiger charge is 2.50. The molecule has 0 spiro atoms. The largest absolute Gasteiger partial charge is 0.491 e. The predicted molar refractivity (Wildman–Crippen MR) is 116 cm³/mol. The summed E-state index contributed by atoms with van der Waals surface area (Å²) in [7, 11) is 1.60. The van der Waals surface area contributed by atoms with Gasteiger partial charge in [-0.1, -0.05) is 6.07 Å². The van der Waals surface area contributed by atoms with Gasteiger partial charge in [0.05, 0.1) is 12.8 Å². The molecule has 2 fully saturated rings. The molecule has 3 atom stereocenters. The number of aliphatic imine (C=N–C) groups is 1. The van der Waals surface area contributed by atoms with Crippen LogP contribution in [0.3, 0.4) is 0 Å². The Morgan fingerprint density at radius 2 is 2.06 bits per heavy atom. The molecule has 10 nitrogen and oxygen atoms in total. The van der Waals surface area contributed by atoms with E-state index in [2.05, 4.69) is 15.6 Å². The van der Waals surface area contributed by atoms with E-state index in [1.165, 1.54) is 4.90 Å². The molecule has 10 heteroatoms. The van der Waals surface area contributed by atoms with Gasteiger partial charge in [-0.15, -0.1) is 0 Å². The van der Waals surface area contributed by atoms with Crippen LogP contribution in [-0.2, 0) is 11.3 Å². The van der Waals surface area contributed by atoms with E-state index in [1.54, 1.807) is 30.3 Å². The lowest BCUT2D eigenvalue weighted by atomic mass is 10.1. The molecule has 1 aromatic carbocycles. The second-order valence-electron chi connectivity index (χ2n) is 8.02. The fraction of sp³-hybridized carbons (Fsp3) is 0.409. The van der Waals surface area contributed by atoms with Gasteiger partial charge in [0.15, 0.2) is 12.0 Å². The standard InChI is InChI=1S/C22H27N5O5/c1-13-6-7-16(9-14(13)2)32-12-15(28)11-27-18-19(26(3)22(30)25-20(18)29)24-21(27)23-10-17-5-4-8-31-17/h4-9,15,18-19,28H,10-12H2,1-3H3,(H,23,24)(H,25,29,30). The predicted octanol–water partition coefficient (Wildman–Crippen LogP) is 0.974. The van der Waals surface area contributed by atoms with Gasteiger partial charge in [0.2, 0.25) is 0 Å². The third-order valence-corrected chi connectivity index (χ3v) is 5.71. The quantitative estimate of drug-likeness (QED) is 0.586. The van der Waals surface area contributed by atoms with Crippen LogP contribution in [0.15, 0.2) is 46.0 Å². The number of urea groups is 1. The maximum atomic E-state index is 12.6. The van der Waals surface area contributed by atoms with E-state index in [-0.39, 0.29) is 19.7 Å². The lowest BCUT2D eigenvalue weighted by molar-refractivity contribution is -0.127. The number of ether oxygens (including phenoxy) is 1. The van der Waals surface area contributed by atoms with Crippen molar-refractivity contribution < 1.29 is 23.8 Å². The summed E-state index contributed by atoms with van der Waals surface area (Å²) in [6.07, 6.45) is 0.0595. The number of aliphatic hydroxyl groups excluding tert-OH is 1. The highest BCUT2D eigenvalue weighted by atomic mass is 16.5. The summed E-state index contributed by atoms with van der Waals surface area (Å²) in [6.45, 7) is 4.39. The molecule has 1 aromatic heterocycles. The molecule has 3 heterocycles. The molecule has 0 saturated carbocycles. The van der Waals surface area contributed by atoms with Gasteiger partial charge >= 0.3 is 6.03 Å². The number of fused-ring (bicyclic) bond motifs is 1. The minimum absolute atomic E-state index is 0.0399. The number of carbonyl (C=O) groups is 2. The smallest absolute Gasteiger partial charge is 0.325 e. The van der Waals surface area contributed by atoms with Crippen molar-refractivity contribution in [2.75, 3.05) is 20.2 Å². The van der Waals surface area contributed by atoms with E-state index in [0.717, 1.165) is 11.1 Å². The van der Waals surface area contributed by atoms with E-state index in [9.17, 15) is 14.7 Å². The fourth-order valence-electron chi connectivity index (χ4n) is 3.75. The Balaban J connectivity index is 1.49. The molecule has 0 radical (unpaired) electrons.